The predicted octanol–water partition coefficient (Wildman–Crippen LogP) is 1.38. The summed E-state index contributed by atoms with van der Waals surface area (Å²) in [6.45, 7) is -1.14. The van der Waals surface area contributed by atoms with E-state index in [1.165, 1.54) is 4.90 Å². The highest BCUT2D eigenvalue weighted by Crippen LogP contribution is 2.25. The van der Waals surface area contributed by atoms with E-state index < -0.39 is 24.5 Å². The normalized spacial score (nSPS) is 19.1. The average molecular weight is 303 g/mol. The molecule has 0 aliphatic carbocycles. The van der Waals surface area contributed by atoms with Crippen LogP contribution in [-0.2, 0) is 16.1 Å². The monoisotopic (exact) mass is 303 g/mol. The van der Waals surface area contributed by atoms with E-state index in [9.17, 15) is 22.8 Å². The predicted molar refractivity (Wildman–Crippen MR) is 68.0 cm³/mol. The molecule has 2 amide bonds. The summed E-state index contributed by atoms with van der Waals surface area (Å²) >= 11 is 0. The Hall–Kier alpha value is -1.99. The highest BCUT2D eigenvalue weighted by atomic mass is 19.4. The van der Waals surface area contributed by atoms with Gasteiger partial charge in [0.2, 0.25) is 11.8 Å². The number of halogens is 3. The number of alkyl halides is 3. The molecular weight excluding hydrogens is 287 g/mol. The van der Waals surface area contributed by atoms with Crippen LogP contribution in [0.2, 0.25) is 0 Å². The number of carbonyl (C=O) groups is 2. The van der Waals surface area contributed by atoms with E-state index in [-0.39, 0.29) is 18.9 Å². The number of amides is 2. The van der Waals surface area contributed by atoms with Gasteiger partial charge in [-0.05, 0) is 12.1 Å². The fourth-order valence-electron chi connectivity index (χ4n) is 2.42. The van der Waals surface area contributed by atoms with Gasteiger partial charge in [0, 0.05) is 31.9 Å². The van der Waals surface area contributed by atoms with Crippen LogP contribution in [0, 0.1) is 5.92 Å². The third-order valence-electron chi connectivity index (χ3n) is 3.38. The smallest absolute Gasteiger partial charge is 0.364 e. The van der Waals surface area contributed by atoms with Crippen LogP contribution >= 0.6 is 0 Å². The van der Waals surface area contributed by atoms with Gasteiger partial charge in [-0.15, -0.1) is 0 Å². The van der Waals surface area contributed by atoms with Crippen LogP contribution in [0.4, 0.5) is 13.2 Å². The van der Waals surface area contributed by atoms with Crippen molar-refractivity contribution in [3.63, 3.8) is 0 Å². The van der Waals surface area contributed by atoms with E-state index in [2.05, 4.69) is 4.98 Å². The number of nitrogens with one attached hydrogen (secondary N) is 1. The standard InChI is InChI=1S/C13H16F3N3O2/c1-18(7-10-3-2-4-17-10)12(21)9-5-11(20)19(6-9)8-13(14,15)16/h2-4,9,17H,5-8H2,1H3. The summed E-state index contributed by atoms with van der Waals surface area (Å²) in [6, 6.07) is 3.59. The number of nitrogens with zero attached hydrogens (tertiary/aromatic N) is 2. The molecule has 1 aliphatic rings. The maximum absolute atomic E-state index is 12.3. The van der Waals surface area contributed by atoms with Crippen LogP contribution in [-0.4, -0.2) is 52.9 Å². The Balaban J connectivity index is 1.93. The van der Waals surface area contributed by atoms with Crippen molar-refractivity contribution in [1.82, 2.24) is 14.8 Å². The molecule has 1 saturated heterocycles. The Morgan fingerprint density at radius 1 is 1.52 bits per heavy atom. The zero-order chi connectivity index (χ0) is 15.6. The molecule has 2 heterocycles. The highest BCUT2D eigenvalue weighted by molar-refractivity contribution is 5.89. The van der Waals surface area contributed by atoms with Gasteiger partial charge < -0.3 is 14.8 Å². The molecule has 0 radical (unpaired) electrons. The number of rotatable bonds is 4. The second-order valence-corrected chi connectivity index (χ2v) is 5.18. The number of likely N-dealkylation sites (tertiary alicyclic amines) is 1. The van der Waals surface area contributed by atoms with E-state index in [4.69, 9.17) is 0 Å². The Morgan fingerprint density at radius 3 is 2.81 bits per heavy atom. The molecule has 0 aromatic carbocycles. The molecule has 1 fully saturated rings. The second kappa shape index (κ2) is 5.79. The third kappa shape index (κ3) is 3.99. The van der Waals surface area contributed by atoms with Gasteiger partial charge in [-0.3, -0.25) is 9.59 Å². The van der Waals surface area contributed by atoms with Gasteiger partial charge in [0.05, 0.1) is 12.5 Å². The lowest BCUT2D eigenvalue weighted by Gasteiger charge is -2.21. The lowest BCUT2D eigenvalue weighted by atomic mass is 10.1. The summed E-state index contributed by atoms with van der Waals surface area (Å²) in [6.07, 6.45) is -2.88. The van der Waals surface area contributed by atoms with Crippen LogP contribution in [0.3, 0.4) is 0 Å². The molecule has 1 aromatic rings. The molecule has 0 bridgehead atoms. The topological polar surface area (TPSA) is 56.4 Å². The van der Waals surface area contributed by atoms with Crippen LogP contribution in [0.5, 0.6) is 0 Å². The molecule has 2 rings (SSSR count). The van der Waals surface area contributed by atoms with Crippen molar-refractivity contribution in [3.05, 3.63) is 24.0 Å². The zero-order valence-corrected chi connectivity index (χ0v) is 11.5. The quantitative estimate of drug-likeness (QED) is 0.913. The van der Waals surface area contributed by atoms with Gasteiger partial charge >= 0.3 is 6.18 Å². The molecule has 0 spiro atoms. The number of aromatic amines is 1. The van der Waals surface area contributed by atoms with Crippen molar-refractivity contribution in [1.29, 1.82) is 0 Å². The molecule has 1 atom stereocenters. The minimum atomic E-state index is -4.44. The number of hydrogen-bond donors (Lipinski definition) is 1. The minimum absolute atomic E-state index is 0.163. The SMILES string of the molecule is CN(Cc1ccc[nH]1)C(=O)C1CC(=O)N(CC(F)(F)F)C1. The molecule has 8 heteroatoms. The van der Waals surface area contributed by atoms with E-state index >= 15 is 0 Å². The number of hydrogen-bond acceptors (Lipinski definition) is 2. The summed E-state index contributed by atoms with van der Waals surface area (Å²) in [7, 11) is 1.57. The molecule has 21 heavy (non-hydrogen) atoms. The zero-order valence-electron chi connectivity index (χ0n) is 11.5. The number of aromatic nitrogens is 1. The first-order valence-corrected chi connectivity index (χ1v) is 6.48. The fourth-order valence-corrected chi connectivity index (χ4v) is 2.42. The van der Waals surface area contributed by atoms with Gasteiger partial charge in [-0.2, -0.15) is 13.2 Å². The minimum Gasteiger partial charge on any atom is -0.364 e. The first-order chi connectivity index (χ1) is 9.76. The lowest BCUT2D eigenvalue weighted by molar-refractivity contribution is -0.157. The van der Waals surface area contributed by atoms with Crippen molar-refractivity contribution < 1.29 is 22.8 Å². The maximum atomic E-state index is 12.3. The number of H-pyrrole nitrogens is 1. The van der Waals surface area contributed by atoms with Gasteiger partial charge in [0.25, 0.3) is 0 Å². The van der Waals surface area contributed by atoms with Gasteiger partial charge in [-0.1, -0.05) is 0 Å². The van der Waals surface area contributed by atoms with Crippen LogP contribution in [0.1, 0.15) is 12.1 Å². The van der Waals surface area contributed by atoms with Crippen molar-refractivity contribution in [2.75, 3.05) is 20.1 Å². The lowest BCUT2D eigenvalue weighted by Crippen LogP contribution is -2.37. The Morgan fingerprint density at radius 2 is 2.24 bits per heavy atom. The van der Waals surface area contributed by atoms with Gasteiger partial charge in [-0.25, -0.2) is 0 Å². The van der Waals surface area contributed by atoms with Crippen LogP contribution < -0.4 is 0 Å². The Kier molecular flexibility index (Phi) is 4.24. The molecule has 1 aromatic heterocycles. The Bertz CT molecular complexity index is 513. The summed E-state index contributed by atoms with van der Waals surface area (Å²) in [5, 5.41) is 0. The molecule has 1 N–H and O–H groups in total. The third-order valence-corrected chi connectivity index (χ3v) is 3.38. The largest absolute Gasteiger partial charge is 0.406 e. The van der Waals surface area contributed by atoms with E-state index in [1.807, 2.05) is 0 Å². The summed E-state index contributed by atoms with van der Waals surface area (Å²) < 4.78 is 37.0. The van der Waals surface area contributed by atoms with Crippen molar-refractivity contribution >= 4 is 11.8 Å². The summed E-state index contributed by atoms with van der Waals surface area (Å²) in [5.74, 6) is -1.65. The molecule has 0 saturated carbocycles. The molecule has 1 aliphatic heterocycles. The fraction of sp³-hybridized carbons (Fsp3) is 0.538. The van der Waals surface area contributed by atoms with Crippen LogP contribution in [0.25, 0.3) is 0 Å². The first-order valence-electron chi connectivity index (χ1n) is 6.48. The first kappa shape index (κ1) is 15.4. The number of carbonyl (C=O) groups excluding carboxylic acids is 2. The van der Waals surface area contributed by atoms with Crippen LogP contribution in [0.15, 0.2) is 18.3 Å². The highest BCUT2D eigenvalue weighted by Gasteiger charge is 2.41. The molecule has 1 unspecified atom stereocenters. The molecular formula is C13H16F3N3O2. The van der Waals surface area contributed by atoms with E-state index in [0.29, 0.717) is 11.4 Å². The maximum Gasteiger partial charge on any atom is 0.406 e. The average Bonchev–Trinajstić information content (AvgIpc) is 2.97. The van der Waals surface area contributed by atoms with Crippen molar-refractivity contribution in [2.24, 2.45) is 5.92 Å². The summed E-state index contributed by atoms with van der Waals surface area (Å²) in [5.41, 5.74) is 0.822. The summed E-state index contributed by atoms with van der Waals surface area (Å²) in [4.78, 5) is 28.8. The molecule has 116 valence electrons. The van der Waals surface area contributed by atoms with Gasteiger partial charge in [0.1, 0.15) is 6.54 Å². The van der Waals surface area contributed by atoms with E-state index in [1.54, 1.807) is 25.4 Å². The van der Waals surface area contributed by atoms with Crippen molar-refractivity contribution in [3.8, 4) is 0 Å². The second-order valence-electron chi connectivity index (χ2n) is 5.18. The Labute approximate surface area is 119 Å². The molecule has 5 nitrogen and oxygen atoms in total. The van der Waals surface area contributed by atoms with Gasteiger partial charge in [0.15, 0.2) is 0 Å². The van der Waals surface area contributed by atoms with E-state index in [0.717, 1.165) is 5.69 Å². The van der Waals surface area contributed by atoms with Crippen molar-refractivity contribution in [2.45, 2.75) is 19.1 Å².